The predicted molar refractivity (Wildman–Crippen MR) is 89.3 cm³/mol. The Hall–Kier alpha value is -1.04. The lowest BCUT2D eigenvalue weighted by Crippen LogP contribution is -2.13. The summed E-state index contributed by atoms with van der Waals surface area (Å²) in [6.07, 6.45) is 14.1. The van der Waals surface area contributed by atoms with Crippen molar-refractivity contribution in [2.45, 2.75) is 53.9 Å². The van der Waals surface area contributed by atoms with Gasteiger partial charge in [0, 0.05) is 0 Å². The highest BCUT2D eigenvalue weighted by Gasteiger charge is 2.19. The molecule has 0 heteroatoms. The van der Waals surface area contributed by atoms with Crippen LogP contribution in [0.25, 0.3) is 0 Å². The van der Waals surface area contributed by atoms with Crippen LogP contribution in [0.3, 0.4) is 0 Å². The van der Waals surface area contributed by atoms with Crippen molar-refractivity contribution in [1.29, 1.82) is 0 Å². The van der Waals surface area contributed by atoms with Crippen molar-refractivity contribution in [3.63, 3.8) is 0 Å². The van der Waals surface area contributed by atoms with Gasteiger partial charge in [0.15, 0.2) is 0 Å². The molecular formula is C19H32. The highest BCUT2D eigenvalue weighted by atomic mass is 14.2. The maximum atomic E-state index is 3.94. The van der Waals surface area contributed by atoms with Crippen LogP contribution in [-0.2, 0) is 0 Å². The van der Waals surface area contributed by atoms with Gasteiger partial charge in [-0.25, -0.2) is 0 Å². The van der Waals surface area contributed by atoms with E-state index in [4.69, 9.17) is 0 Å². The summed E-state index contributed by atoms with van der Waals surface area (Å²) in [5.41, 5.74) is 1.64. The first-order valence-corrected chi connectivity index (χ1v) is 7.45. The molecule has 0 aromatic rings. The van der Waals surface area contributed by atoms with Crippen molar-refractivity contribution in [3.05, 3.63) is 49.1 Å². The summed E-state index contributed by atoms with van der Waals surface area (Å²) in [5.74, 6) is 1.34. The molecule has 0 aliphatic heterocycles. The Bertz CT molecular complexity index is 326. The molecule has 0 rings (SSSR count). The topological polar surface area (TPSA) is 0 Å². The molecule has 1 unspecified atom stereocenters. The average Bonchev–Trinajstić information content (AvgIpc) is 2.34. The molecule has 0 N–H and O–H groups in total. The third-order valence-corrected chi connectivity index (χ3v) is 3.59. The molecule has 0 radical (unpaired) electrons. The van der Waals surface area contributed by atoms with Crippen LogP contribution < -0.4 is 0 Å². The van der Waals surface area contributed by atoms with Crippen LogP contribution in [0.4, 0.5) is 0 Å². The van der Waals surface area contributed by atoms with E-state index in [0.717, 1.165) is 5.92 Å². The van der Waals surface area contributed by atoms with Crippen molar-refractivity contribution in [1.82, 2.24) is 0 Å². The summed E-state index contributed by atoms with van der Waals surface area (Å²) >= 11 is 0. The molecule has 0 aliphatic carbocycles. The van der Waals surface area contributed by atoms with Crippen molar-refractivity contribution in [2.75, 3.05) is 0 Å². The largest absolute Gasteiger partial charge is 0.103 e. The smallest absolute Gasteiger partial charge is 0.0159 e. The second-order valence-corrected chi connectivity index (χ2v) is 6.46. The normalized spacial score (nSPS) is 14.9. The van der Waals surface area contributed by atoms with Crippen molar-refractivity contribution < 1.29 is 0 Å². The summed E-state index contributed by atoms with van der Waals surface area (Å²) < 4.78 is 0. The molecule has 1 atom stereocenters. The highest BCUT2D eigenvalue weighted by Crippen LogP contribution is 2.32. The van der Waals surface area contributed by atoms with E-state index in [1.807, 2.05) is 6.08 Å². The molecule has 0 bridgehead atoms. The van der Waals surface area contributed by atoms with Crippen LogP contribution in [0.2, 0.25) is 0 Å². The van der Waals surface area contributed by atoms with E-state index in [-0.39, 0.29) is 5.41 Å². The Morgan fingerprint density at radius 3 is 2.26 bits per heavy atom. The summed E-state index contributed by atoms with van der Waals surface area (Å²) in [4.78, 5) is 0. The van der Waals surface area contributed by atoms with Gasteiger partial charge in [0.1, 0.15) is 0 Å². The van der Waals surface area contributed by atoms with Gasteiger partial charge in [-0.2, -0.15) is 0 Å². The van der Waals surface area contributed by atoms with Gasteiger partial charge in [0.2, 0.25) is 0 Å². The number of rotatable bonds is 9. The Balaban J connectivity index is 4.93. The molecule has 0 fully saturated rings. The van der Waals surface area contributed by atoms with E-state index in [9.17, 15) is 0 Å². The average molecular weight is 260 g/mol. The lowest BCUT2D eigenvalue weighted by Gasteiger charge is -2.26. The number of hydrogen-bond acceptors (Lipinski definition) is 0. The zero-order chi connectivity index (χ0) is 14.9. The fraction of sp³-hybridized carbons (Fsp3) is 0.579. The van der Waals surface area contributed by atoms with Crippen LogP contribution >= 0.6 is 0 Å². The summed E-state index contributed by atoms with van der Waals surface area (Å²) in [5, 5.41) is 0. The van der Waals surface area contributed by atoms with Gasteiger partial charge in [0.05, 0.1) is 0 Å². The van der Waals surface area contributed by atoms with Crippen LogP contribution in [0.5, 0.6) is 0 Å². The minimum absolute atomic E-state index is 0.227. The Morgan fingerprint density at radius 1 is 1.21 bits per heavy atom. The Morgan fingerprint density at radius 2 is 1.84 bits per heavy atom. The van der Waals surface area contributed by atoms with Gasteiger partial charge < -0.3 is 0 Å². The maximum Gasteiger partial charge on any atom is -0.0159 e. The van der Waals surface area contributed by atoms with E-state index in [0.29, 0.717) is 5.92 Å². The molecule has 0 heterocycles. The number of hydrogen-bond donors (Lipinski definition) is 0. The molecule has 0 spiro atoms. The molecule has 0 nitrogen and oxygen atoms in total. The minimum Gasteiger partial charge on any atom is -0.103 e. The highest BCUT2D eigenvalue weighted by molar-refractivity contribution is 5.25. The minimum atomic E-state index is 0.227. The summed E-state index contributed by atoms with van der Waals surface area (Å²) in [6, 6.07) is 0. The lowest BCUT2D eigenvalue weighted by atomic mass is 9.79. The fourth-order valence-electron chi connectivity index (χ4n) is 2.29. The SMILES string of the molecule is C=C/C=C(\C=C/C)C(CCC(C)(C)C=C)CC(C)C. The second-order valence-electron chi connectivity index (χ2n) is 6.46. The second kappa shape index (κ2) is 8.96. The molecule has 0 aromatic heterocycles. The molecule has 0 aliphatic rings. The quantitative estimate of drug-likeness (QED) is 0.335. The Kier molecular flexibility index (Phi) is 8.47. The standard InChI is InChI=1S/C19H32/c1-8-11-17(12-9-2)18(15-16(4)5)13-14-19(6,7)10-3/h8-12,16,18H,1,3,13-15H2,2,4-7H3/b12-9-,17-11+. The predicted octanol–water partition coefficient (Wildman–Crippen LogP) is 6.33. The van der Waals surface area contributed by atoms with E-state index < -0.39 is 0 Å². The zero-order valence-electron chi connectivity index (χ0n) is 13.6. The third kappa shape index (κ3) is 7.87. The van der Waals surface area contributed by atoms with E-state index >= 15 is 0 Å². The first-order chi connectivity index (χ1) is 8.86. The molecule has 0 saturated carbocycles. The molecule has 0 aromatic carbocycles. The summed E-state index contributed by atoms with van der Waals surface area (Å²) in [7, 11) is 0. The van der Waals surface area contributed by atoms with Gasteiger partial charge in [0.25, 0.3) is 0 Å². The van der Waals surface area contributed by atoms with E-state index in [1.54, 1.807) is 0 Å². The van der Waals surface area contributed by atoms with Crippen LogP contribution in [-0.4, -0.2) is 0 Å². The van der Waals surface area contributed by atoms with Gasteiger partial charge >= 0.3 is 0 Å². The van der Waals surface area contributed by atoms with E-state index in [2.05, 4.69) is 72.1 Å². The van der Waals surface area contributed by atoms with Crippen molar-refractivity contribution in [3.8, 4) is 0 Å². The molecule has 19 heavy (non-hydrogen) atoms. The van der Waals surface area contributed by atoms with Crippen LogP contribution in [0, 0.1) is 17.3 Å². The third-order valence-electron chi connectivity index (χ3n) is 3.59. The van der Waals surface area contributed by atoms with E-state index in [1.165, 1.54) is 24.8 Å². The molecule has 0 saturated heterocycles. The zero-order valence-corrected chi connectivity index (χ0v) is 13.6. The van der Waals surface area contributed by atoms with Gasteiger partial charge in [-0.1, -0.05) is 64.7 Å². The molecular weight excluding hydrogens is 228 g/mol. The number of allylic oxidation sites excluding steroid dienone is 6. The van der Waals surface area contributed by atoms with Crippen LogP contribution in [0.15, 0.2) is 49.1 Å². The van der Waals surface area contributed by atoms with Crippen molar-refractivity contribution in [2.24, 2.45) is 17.3 Å². The van der Waals surface area contributed by atoms with Crippen molar-refractivity contribution >= 4 is 0 Å². The van der Waals surface area contributed by atoms with Gasteiger partial charge in [-0.3, -0.25) is 0 Å². The maximum absolute atomic E-state index is 3.94. The first kappa shape index (κ1) is 18.0. The van der Waals surface area contributed by atoms with Crippen LogP contribution in [0.1, 0.15) is 53.9 Å². The monoisotopic (exact) mass is 260 g/mol. The van der Waals surface area contributed by atoms with Gasteiger partial charge in [-0.15, -0.1) is 6.58 Å². The first-order valence-electron chi connectivity index (χ1n) is 7.45. The van der Waals surface area contributed by atoms with Gasteiger partial charge in [-0.05, 0) is 49.0 Å². The summed E-state index contributed by atoms with van der Waals surface area (Å²) in [6.45, 7) is 19.0. The fourth-order valence-corrected chi connectivity index (χ4v) is 2.29. The molecule has 0 amide bonds. The molecule has 108 valence electrons. The lowest BCUT2D eigenvalue weighted by molar-refractivity contribution is 0.352. The Labute approximate surface area is 121 Å².